The monoisotopic (exact) mass is 490 g/mol. The number of benzene rings is 3. The Balaban J connectivity index is 1.83. The summed E-state index contributed by atoms with van der Waals surface area (Å²) in [6.07, 6.45) is 7.67. The van der Waals surface area contributed by atoms with Crippen molar-refractivity contribution in [2.75, 3.05) is 0 Å². The van der Waals surface area contributed by atoms with Gasteiger partial charge in [0.05, 0.1) is 17.4 Å². The average molecular weight is 491 g/mol. The second kappa shape index (κ2) is 9.66. The minimum atomic E-state index is 0.409. The van der Waals surface area contributed by atoms with Gasteiger partial charge in [0, 0.05) is 23.8 Å². The molecule has 0 aliphatic heterocycles. The molecule has 0 aliphatic carbocycles. The number of nitrogens with zero attached hydrogens (tertiary/aromatic N) is 4. The lowest BCUT2D eigenvalue weighted by Gasteiger charge is -2.24. The Bertz CT molecular complexity index is 1540. The third-order valence-corrected chi connectivity index (χ3v) is 7.57. The minimum absolute atomic E-state index is 0.409. The van der Waals surface area contributed by atoms with Crippen LogP contribution in [0.3, 0.4) is 0 Å². The molecule has 37 heavy (non-hydrogen) atoms. The van der Waals surface area contributed by atoms with Gasteiger partial charge in [0.2, 0.25) is 0 Å². The lowest BCUT2D eigenvalue weighted by molar-refractivity contribution is 0.807. The van der Waals surface area contributed by atoms with E-state index in [1.54, 1.807) is 0 Å². The standard InChI is InChI=1S/C33H38N4/c1-20(2)25-15-29(21(3)4)33(30(16-25)22(5)6)26-13-27(36-10-9-34-18-36)17-28(14-26)37-19-35-31-11-23(7)24(8)12-32(31)37/h9-22H,1-8H3. The van der Waals surface area contributed by atoms with Crippen molar-refractivity contribution in [2.24, 2.45) is 0 Å². The molecule has 4 nitrogen and oxygen atoms in total. The summed E-state index contributed by atoms with van der Waals surface area (Å²) in [6, 6.07) is 16.2. The van der Waals surface area contributed by atoms with Crippen molar-refractivity contribution in [3.05, 3.63) is 95.3 Å². The van der Waals surface area contributed by atoms with Crippen LogP contribution in [0.25, 0.3) is 33.5 Å². The zero-order valence-corrected chi connectivity index (χ0v) is 23.4. The van der Waals surface area contributed by atoms with Crippen molar-refractivity contribution in [1.82, 2.24) is 19.1 Å². The largest absolute Gasteiger partial charge is 0.306 e. The number of hydrogen-bond acceptors (Lipinski definition) is 2. The Labute approximate surface area is 221 Å². The van der Waals surface area contributed by atoms with E-state index in [9.17, 15) is 0 Å². The van der Waals surface area contributed by atoms with Gasteiger partial charge in [-0.15, -0.1) is 0 Å². The highest BCUT2D eigenvalue weighted by Crippen LogP contribution is 2.40. The maximum atomic E-state index is 4.76. The number of imidazole rings is 2. The molecular formula is C33H38N4. The highest BCUT2D eigenvalue weighted by Gasteiger charge is 2.20. The van der Waals surface area contributed by atoms with Crippen LogP contribution in [0.4, 0.5) is 0 Å². The normalized spacial score (nSPS) is 12.0. The van der Waals surface area contributed by atoms with Crippen molar-refractivity contribution in [3.8, 4) is 22.5 Å². The molecule has 4 heteroatoms. The van der Waals surface area contributed by atoms with Crippen molar-refractivity contribution in [1.29, 1.82) is 0 Å². The first-order valence-corrected chi connectivity index (χ1v) is 13.4. The van der Waals surface area contributed by atoms with Gasteiger partial charge in [-0.25, -0.2) is 9.97 Å². The molecule has 190 valence electrons. The van der Waals surface area contributed by atoms with Gasteiger partial charge in [0.1, 0.15) is 6.33 Å². The smallest absolute Gasteiger partial charge is 0.100 e. The predicted octanol–water partition coefficient (Wildman–Crippen LogP) is 8.87. The van der Waals surface area contributed by atoms with Gasteiger partial charge in [-0.2, -0.15) is 0 Å². The Morgan fingerprint density at radius 3 is 1.92 bits per heavy atom. The topological polar surface area (TPSA) is 35.6 Å². The van der Waals surface area contributed by atoms with Crippen molar-refractivity contribution < 1.29 is 0 Å². The lowest BCUT2D eigenvalue weighted by atomic mass is 9.81. The molecule has 0 radical (unpaired) electrons. The van der Waals surface area contributed by atoms with Crippen molar-refractivity contribution in [2.45, 2.75) is 73.1 Å². The van der Waals surface area contributed by atoms with E-state index in [4.69, 9.17) is 4.98 Å². The maximum Gasteiger partial charge on any atom is 0.100 e. The molecule has 0 unspecified atom stereocenters. The highest BCUT2D eigenvalue weighted by molar-refractivity contribution is 5.81. The van der Waals surface area contributed by atoms with Gasteiger partial charge < -0.3 is 4.57 Å². The van der Waals surface area contributed by atoms with Crippen LogP contribution in [-0.4, -0.2) is 19.1 Å². The van der Waals surface area contributed by atoms with E-state index in [1.165, 1.54) is 38.9 Å². The molecule has 3 aromatic carbocycles. The number of aryl methyl sites for hydroxylation is 2. The van der Waals surface area contributed by atoms with Crippen molar-refractivity contribution in [3.63, 3.8) is 0 Å². The quantitative estimate of drug-likeness (QED) is 0.238. The first-order chi connectivity index (χ1) is 17.6. The number of rotatable bonds is 6. The van der Waals surface area contributed by atoms with Crippen LogP contribution in [0.15, 0.2) is 67.5 Å². The molecule has 0 aliphatic rings. The molecule has 0 amide bonds. The molecule has 0 N–H and O–H groups in total. The molecule has 2 aromatic heterocycles. The zero-order valence-electron chi connectivity index (χ0n) is 23.4. The van der Waals surface area contributed by atoms with E-state index in [0.29, 0.717) is 17.8 Å². The molecule has 5 rings (SSSR count). The van der Waals surface area contributed by atoms with E-state index >= 15 is 0 Å². The van der Waals surface area contributed by atoms with Crippen LogP contribution < -0.4 is 0 Å². The Kier molecular flexibility index (Phi) is 6.53. The van der Waals surface area contributed by atoms with Gasteiger partial charge in [0.25, 0.3) is 0 Å². The Hall–Kier alpha value is -3.66. The summed E-state index contributed by atoms with van der Waals surface area (Å²) < 4.78 is 4.31. The van der Waals surface area contributed by atoms with Gasteiger partial charge in [-0.05, 0) is 101 Å². The number of aromatic nitrogens is 4. The number of fused-ring (bicyclic) bond motifs is 1. The third kappa shape index (κ3) is 4.61. The Morgan fingerprint density at radius 1 is 0.676 bits per heavy atom. The number of hydrogen-bond donors (Lipinski definition) is 0. The summed E-state index contributed by atoms with van der Waals surface area (Å²) in [6.45, 7) is 18.1. The summed E-state index contributed by atoms with van der Waals surface area (Å²) >= 11 is 0. The molecule has 0 saturated carbocycles. The van der Waals surface area contributed by atoms with Gasteiger partial charge in [0.15, 0.2) is 0 Å². The first kappa shape index (κ1) is 25.0. The van der Waals surface area contributed by atoms with Gasteiger partial charge in [-0.3, -0.25) is 4.57 Å². The van der Waals surface area contributed by atoms with Gasteiger partial charge >= 0.3 is 0 Å². The molecular weight excluding hydrogens is 452 g/mol. The fourth-order valence-electron chi connectivity index (χ4n) is 5.20. The molecule has 0 fully saturated rings. The van der Waals surface area contributed by atoms with Crippen LogP contribution in [0.5, 0.6) is 0 Å². The zero-order chi connectivity index (χ0) is 26.4. The van der Waals surface area contributed by atoms with Crippen LogP contribution in [0.2, 0.25) is 0 Å². The minimum Gasteiger partial charge on any atom is -0.306 e. The van der Waals surface area contributed by atoms with Crippen LogP contribution in [0, 0.1) is 13.8 Å². The second-order valence-corrected chi connectivity index (χ2v) is 11.3. The predicted molar refractivity (Wildman–Crippen MR) is 155 cm³/mol. The summed E-state index contributed by atoms with van der Waals surface area (Å²) in [7, 11) is 0. The van der Waals surface area contributed by atoms with E-state index in [-0.39, 0.29) is 0 Å². The van der Waals surface area contributed by atoms with Gasteiger partial charge in [-0.1, -0.05) is 53.7 Å². The van der Waals surface area contributed by atoms with E-state index in [1.807, 2.05) is 25.0 Å². The molecule has 0 saturated heterocycles. The fourth-order valence-corrected chi connectivity index (χ4v) is 5.20. The first-order valence-electron chi connectivity index (χ1n) is 13.4. The summed E-state index contributed by atoms with van der Waals surface area (Å²) in [5.74, 6) is 1.30. The molecule has 0 bridgehead atoms. The van der Waals surface area contributed by atoms with E-state index < -0.39 is 0 Å². The van der Waals surface area contributed by atoms with Crippen molar-refractivity contribution >= 4 is 11.0 Å². The summed E-state index contributed by atoms with van der Waals surface area (Å²) in [4.78, 5) is 9.09. The van der Waals surface area contributed by atoms with Crippen LogP contribution in [-0.2, 0) is 0 Å². The van der Waals surface area contributed by atoms with E-state index in [0.717, 1.165) is 22.4 Å². The third-order valence-electron chi connectivity index (χ3n) is 7.57. The molecule has 0 atom stereocenters. The molecule has 2 heterocycles. The average Bonchev–Trinajstić information content (AvgIpc) is 3.53. The highest BCUT2D eigenvalue weighted by atomic mass is 15.1. The fraction of sp³-hybridized carbons (Fsp3) is 0.333. The maximum absolute atomic E-state index is 4.76. The summed E-state index contributed by atoms with van der Waals surface area (Å²) in [5, 5.41) is 0. The SMILES string of the molecule is Cc1cc2ncn(-c3cc(-c4c(C(C)C)cc(C(C)C)cc4C(C)C)cc(-n4ccnc4)c3)c2cc1C. The van der Waals surface area contributed by atoms with E-state index in [2.05, 4.69) is 112 Å². The van der Waals surface area contributed by atoms with Crippen LogP contribution in [0.1, 0.15) is 87.1 Å². The second-order valence-electron chi connectivity index (χ2n) is 11.3. The molecule has 5 aromatic rings. The van der Waals surface area contributed by atoms with Crippen LogP contribution >= 0.6 is 0 Å². The summed E-state index contributed by atoms with van der Waals surface area (Å²) in [5.41, 5.74) is 13.7. The lowest BCUT2D eigenvalue weighted by Crippen LogP contribution is -2.05. The molecule has 0 spiro atoms. The Morgan fingerprint density at radius 2 is 1.32 bits per heavy atom.